The van der Waals surface area contributed by atoms with Crippen LogP contribution in [0.2, 0.25) is 0 Å². The van der Waals surface area contributed by atoms with Crippen molar-refractivity contribution in [2.24, 2.45) is 0 Å². The fourth-order valence-corrected chi connectivity index (χ4v) is 3.32. The molecule has 0 heterocycles. The molecular formula is C13H20INO2S. The lowest BCUT2D eigenvalue weighted by Gasteiger charge is -2.16. The van der Waals surface area contributed by atoms with Crippen LogP contribution in [0, 0.1) is 3.57 Å². The van der Waals surface area contributed by atoms with Crippen molar-refractivity contribution in [1.82, 2.24) is 5.32 Å². The van der Waals surface area contributed by atoms with Crippen LogP contribution in [0.3, 0.4) is 0 Å². The fraction of sp³-hybridized carbons (Fsp3) is 0.538. The van der Waals surface area contributed by atoms with Crippen molar-refractivity contribution < 1.29 is 8.42 Å². The Morgan fingerprint density at radius 2 is 2.11 bits per heavy atom. The zero-order chi connectivity index (χ0) is 13.6. The Labute approximate surface area is 123 Å². The van der Waals surface area contributed by atoms with Gasteiger partial charge in [0, 0.05) is 15.4 Å². The van der Waals surface area contributed by atoms with E-state index in [0.717, 1.165) is 6.42 Å². The first kappa shape index (κ1) is 15.9. The lowest BCUT2D eigenvalue weighted by atomic mass is 10.0. The predicted octanol–water partition coefficient (Wildman–Crippen LogP) is 2.77. The molecule has 18 heavy (non-hydrogen) atoms. The van der Waals surface area contributed by atoms with Gasteiger partial charge in [0.25, 0.3) is 0 Å². The standard InChI is InChI=1S/C13H20INO2S/c1-3-18(16,17)9-5-8-13(15-2)11-6-4-7-12(14)10-11/h4,6-7,10,13,15H,3,5,8-9H2,1-2H3. The van der Waals surface area contributed by atoms with E-state index in [0.29, 0.717) is 6.42 Å². The van der Waals surface area contributed by atoms with Gasteiger partial charge in [-0.05, 0) is 60.2 Å². The van der Waals surface area contributed by atoms with Crippen LogP contribution in [0.15, 0.2) is 24.3 Å². The Hall–Kier alpha value is -0.140. The Bertz CT molecular complexity index is 474. The van der Waals surface area contributed by atoms with Gasteiger partial charge in [-0.25, -0.2) is 8.42 Å². The van der Waals surface area contributed by atoms with Crippen molar-refractivity contribution in [2.45, 2.75) is 25.8 Å². The first-order valence-electron chi connectivity index (χ1n) is 6.11. The number of nitrogens with one attached hydrogen (secondary N) is 1. The third-order valence-corrected chi connectivity index (χ3v) is 5.45. The van der Waals surface area contributed by atoms with Crippen LogP contribution in [-0.2, 0) is 9.84 Å². The van der Waals surface area contributed by atoms with E-state index in [2.05, 4.69) is 46.1 Å². The highest BCUT2D eigenvalue weighted by Gasteiger charge is 2.12. The maximum Gasteiger partial charge on any atom is 0.150 e. The third-order valence-electron chi connectivity index (χ3n) is 2.99. The van der Waals surface area contributed by atoms with Gasteiger partial charge in [-0.1, -0.05) is 19.1 Å². The number of benzene rings is 1. The molecule has 0 radical (unpaired) electrons. The molecule has 0 saturated heterocycles. The van der Waals surface area contributed by atoms with Gasteiger partial charge in [0.05, 0.1) is 5.75 Å². The van der Waals surface area contributed by atoms with E-state index in [1.54, 1.807) is 6.92 Å². The number of hydrogen-bond donors (Lipinski definition) is 1. The zero-order valence-corrected chi connectivity index (χ0v) is 13.8. The van der Waals surface area contributed by atoms with Crippen molar-refractivity contribution in [3.63, 3.8) is 0 Å². The maximum absolute atomic E-state index is 11.4. The second-order valence-corrected chi connectivity index (χ2v) is 7.99. The molecule has 1 aromatic carbocycles. The molecule has 0 saturated carbocycles. The van der Waals surface area contributed by atoms with Gasteiger partial charge in [-0.15, -0.1) is 0 Å². The summed E-state index contributed by atoms with van der Waals surface area (Å²) in [4.78, 5) is 0. The summed E-state index contributed by atoms with van der Waals surface area (Å²) in [7, 11) is -0.927. The molecule has 0 aliphatic rings. The average molecular weight is 381 g/mol. The summed E-state index contributed by atoms with van der Waals surface area (Å²) in [5.41, 5.74) is 1.22. The van der Waals surface area contributed by atoms with Crippen LogP contribution < -0.4 is 5.32 Å². The van der Waals surface area contributed by atoms with Crippen LogP contribution in [0.25, 0.3) is 0 Å². The second-order valence-electron chi connectivity index (χ2n) is 4.27. The van der Waals surface area contributed by atoms with Crippen molar-refractivity contribution in [2.75, 3.05) is 18.6 Å². The molecule has 5 heteroatoms. The van der Waals surface area contributed by atoms with Gasteiger partial charge >= 0.3 is 0 Å². The first-order chi connectivity index (χ1) is 8.48. The molecule has 1 aromatic rings. The normalized spacial score (nSPS) is 13.5. The number of hydrogen-bond acceptors (Lipinski definition) is 3. The summed E-state index contributed by atoms with van der Waals surface area (Å²) in [6.45, 7) is 1.70. The lowest BCUT2D eigenvalue weighted by Crippen LogP contribution is -2.18. The third kappa shape index (κ3) is 5.24. The highest BCUT2D eigenvalue weighted by atomic mass is 127. The molecule has 0 aliphatic carbocycles. The molecular weight excluding hydrogens is 361 g/mol. The molecule has 0 aromatic heterocycles. The van der Waals surface area contributed by atoms with Gasteiger partial charge in [-0.2, -0.15) is 0 Å². The van der Waals surface area contributed by atoms with E-state index in [1.165, 1.54) is 9.13 Å². The highest BCUT2D eigenvalue weighted by Crippen LogP contribution is 2.20. The van der Waals surface area contributed by atoms with E-state index < -0.39 is 9.84 Å². The monoisotopic (exact) mass is 381 g/mol. The molecule has 0 spiro atoms. The minimum atomic E-state index is -2.84. The van der Waals surface area contributed by atoms with Crippen molar-refractivity contribution in [3.8, 4) is 0 Å². The lowest BCUT2D eigenvalue weighted by molar-refractivity contribution is 0.535. The summed E-state index contributed by atoms with van der Waals surface area (Å²) in [6.07, 6.45) is 1.54. The Balaban J connectivity index is 2.58. The largest absolute Gasteiger partial charge is 0.313 e. The Kier molecular flexibility index (Phi) is 6.59. The van der Waals surface area contributed by atoms with Gasteiger partial charge in [0.15, 0.2) is 0 Å². The summed E-state index contributed by atoms with van der Waals surface area (Å²) >= 11 is 2.29. The number of halogens is 1. The van der Waals surface area contributed by atoms with E-state index in [1.807, 2.05) is 13.1 Å². The summed E-state index contributed by atoms with van der Waals surface area (Å²) < 4.78 is 24.1. The highest BCUT2D eigenvalue weighted by molar-refractivity contribution is 14.1. The van der Waals surface area contributed by atoms with Crippen LogP contribution >= 0.6 is 22.6 Å². The average Bonchev–Trinajstić information content (AvgIpc) is 2.34. The molecule has 0 fully saturated rings. The Morgan fingerprint density at radius 1 is 1.39 bits per heavy atom. The molecule has 0 bridgehead atoms. The van der Waals surface area contributed by atoms with Gasteiger partial charge < -0.3 is 5.32 Å². The fourth-order valence-electron chi connectivity index (χ4n) is 1.85. The van der Waals surface area contributed by atoms with Crippen LogP contribution in [0.4, 0.5) is 0 Å². The van der Waals surface area contributed by atoms with Crippen molar-refractivity contribution >= 4 is 32.4 Å². The summed E-state index contributed by atoms with van der Waals surface area (Å²) in [6, 6.07) is 8.53. The van der Waals surface area contributed by atoms with Crippen LogP contribution in [-0.4, -0.2) is 27.0 Å². The van der Waals surface area contributed by atoms with Crippen molar-refractivity contribution in [3.05, 3.63) is 33.4 Å². The first-order valence-corrected chi connectivity index (χ1v) is 9.01. The minimum Gasteiger partial charge on any atom is -0.313 e. The molecule has 102 valence electrons. The maximum atomic E-state index is 11.4. The van der Waals surface area contributed by atoms with E-state index in [9.17, 15) is 8.42 Å². The molecule has 0 amide bonds. The summed E-state index contributed by atoms with van der Waals surface area (Å²) in [5, 5.41) is 3.25. The van der Waals surface area contributed by atoms with E-state index >= 15 is 0 Å². The smallest absolute Gasteiger partial charge is 0.150 e. The number of rotatable bonds is 7. The van der Waals surface area contributed by atoms with E-state index in [-0.39, 0.29) is 17.5 Å². The predicted molar refractivity (Wildman–Crippen MR) is 84.5 cm³/mol. The second kappa shape index (κ2) is 7.45. The van der Waals surface area contributed by atoms with Crippen molar-refractivity contribution in [1.29, 1.82) is 0 Å². The molecule has 1 unspecified atom stereocenters. The van der Waals surface area contributed by atoms with Gasteiger partial charge in [0.2, 0.25) is 0 Å². The van der Waals surface area contributed by atoms with E-state index in [4.69, 9.17) is 0 Å². The molecule has 3 nitrogen and oxygen atoms in total. The number of sulfone groups is 1. The van der Waals surface area contributed by atoms with Gasteiger partial charge in [-0.3, -0.25) is 0 Å². The molecule has 1 rings (SSSR count). The minimum absolute atomic E-state index is 0.228. The van der Waals surface area contributed by atoms with Crippen LogP contribution in [0.1, 0.15) is 31.4 Å². The van der Waals surface area contributed by atoms with Crippen LogP contribution in [0.5, 0.6) is 0 Å². The molecule has 1 N–H and O–H groups in total. The molecule has 1 atom stereocenters. The summed E-state index contributed by atoms with van der Waals surface area (Å²) in [5.74, 6) is 0.520. The zero-order valence-electron chi connectivity index (χ0n) is 10.8. The Morgan fingerprint density at radius 3 is 2.67 bits per heavy atom. The van der Waals surface area contributed by atoms with Gasteiger partial charge in [0.1, 0.15) is 9.84 Å². The molecule has 0 aliphatic heterocycles. The quantitative estimate of drug-likeness (QED) is 0.739. The topological polar surface area (TPSA) is 46.2 Å². The SMILES string of the molecule is CCS(=O)(=O)CCCC(NC)c1cccc(I)c1.